The average molecular weight is 988 g/mol. The maximum absolute atomic E-state index is 10.7. The van der Waals surface area contributed by atoms with Crippen LogP contribution in [0.1, 0.15) is 426 Å². The normalized spacial score (nSPS) is 10.1. The highest BCUT2D eigenvalue weighted by atomic mass is 16.4. The lowest BCUT2D eigenvalue weighted by molar-refractivity contribution is -0.142. The summed E-state index contributed by atoms with van der Waals surface area (Å²) >= 11 is 0. The van der Waals surface area contributed by atoms with E-state index in [1.54, 1.807) is 0 Å². The van der Waals surface area contributed by atoms with Gasteiger partial charge >= 0.3 is 5.97 Å². The lowest BCUT2D eigenvalue weighted by atomic mass is 9.98. The van der Waals surface area contributed by atoms with Crippen molar-refractivity contribution in [3.05, 3.63) is 0 Å². The summed E-state index contributed by atoms with van der Waals surface area (Å²) in [4.78, 5) is 10.7. The van der Waals surface area contributed by atoms with E-state index in [2.05, 4.69) is 118 Å². The molecule has 0 aliphatic carbocycles. The summed E-state index contributed by atoms with van der Waals surface area (Å²) in [6, 6.07) is 0. The van der Waals surface area contributed by atoms with Crippen LogP contribution in [0.2, 0.25) is 0 Å². The van der Waals surface area contributed by atoms with Crippen LogP contribution in [0, 0.1) is 5.92 Å². The van der Waals surface area contributed by atoms with Crippen LogP contribution in [0.4, 0.5) is 0 Å². The second-order valence-electron chi connectivity index (χ2n) is 20.1. The molecule has 0 radical (unpaired) electrons. The highest BCUT2D eigenvalue weighted by Crippen LogP contribution is 2.15. The number of unbranched alkanes of at least 4 members (excludes halogenated alkanes) is 36. The lowest BCUT2D eigenvalue weighted by Gasteiger charge is -2.08. The maximum atomic E-state index is 10.7. The molecule has 1 N–H and O–H groups in total. The molecule has 0 aromatic carbocycles. The number of hydrogen-bond acceptors (Lipinski definition) is 1. The highest BCUT2D eigenvalue weighted by molar-refractivity contribution is 5.69. The van der Waals surface area contributed by atoms with Crippen LogP contribution < -0.4 is 0 Å². The van der Waals surface area contributed by atoms with Crippen molar-refractivity contribution in [2.45, 2.75) is 426 Å². The van der Waals surface area contributed by atoms with Gasteiger partial charge < -0.3 is 5.11 Å². The molecule has 2 nitrogen and oxygen atoms in total. The van der Waals surface area contributed by atoms with Crippen molar-refractivity contribution in [1.29, 1.82) is 0 Å². The molecule has 1 atom stereocenters. The third-order valence-corrected chi connectivity index (χ3v) is 12.2. The molecule has 0 saturated heterocycles. The first kappa shape index (κ1) is 88.1. The molecule has 0 saturated carbocycles. The van der Waals surface area contributed by atoms with E-state index in [4.69, 9.17) is 5.11 Å². The fourth-order valence-corrected chi connectivity index (χ4v) is 6.91. The van der Waals surface area contributed by atoms with E-state index < -0.39 is 5.97 Å². The zero-order chi connectivity index (χ0) is 54.4. The molecule has 0 aromatic heterocycles. The SMILES string of the molecule is CCCCCCC.CCCCCCC.CCCCCCC.CCCCCCC.CCCCCCC.CCCCCCC.CCCCCCC.CCCCCCC.CCCCCCCC(CC)C(=O)O. The van der Waals surface area contributed by atoms with Crippen molar-refractivity contribution in [3.63, 3.8) is 0 Å². The maximum Gasteiger partial charge on any atom is 0.306 e. The van der Waals surface area contributed by atoms with Crippen molar-refractivity contribution in [1.82, 2.24) is 0 Å². The summed E-state index contributed by atoms with van der Waals surface area (Å²) in [6.45, 7) is 40.1. The first-order chi connectivity index (χ1) is 33.5. The predicted octanol–water partition coefficient (Wildman–Crippen LogP) is 27.3. The van der Waals surface area contributed by atoms with Crippen LogP contribution >= 0.6 is 0 Å². The Morgan fingerprint density at radius 1 is 0.217 bits per heavy atom. The Hall–Kier alpha value is -0.530. The summed E-state index contributed by atoms with van der Waals surface area (Å²) in [5.74, 6) is -0.736. The fraction of sp³-hybridized carbons (Fsp3) is 0.985. The molecule has 430 valence electrons. The third kappa shape index (κ3) is 146. The number of hydrogen-bond donors (Lipinski definition) is 1. The van der Waals surface area contributed by atoms with Crippen molar-refractivity contribution in [2.75, 3.05) is 0 Å². The van der Waals surface area contributed by atoms with Crippen molar-refractivity contribution >= 4 is 5.97 Å². The third-order valence-electron chi connectivity index (χ3n) is 12.2. The van der Waals surface area contributed by atoms with Crippen LogP contribution in [0.3, 0.4) is 0 Å². The monoisotopic (exact) mass is 987 g/mol. The Balaban J connectivity index is -0.0000000847. The fourth-order valence-electron chi connectivity index (χ4n) is 6.91. The van der Waals surface area contributed by atoms with E-state index in [-0.39, 0.29) is 5.92 Å². The van der Waals surface area contributed by atoms with Crippen molar-refractivity contribution in [2.24, 2.45) is 5.92 Å². The van der Waals surface area contributed by atoms with Crippen LogP contribution in [0.25, 0.3) is 0 Å². The van der Waals surface area contributed by atoms with Crippen molar-refractivity contribution < 1.29 is 9.90 Å². The van der Waals surface area contributed by atoms with Gasteiger partial charge in [-0.05, 0) is 12.8 Å². The van der Waals surface area contributed by atoms with Gasteiger partial charge in [0.15, 0.2) is 0 Å². The Kier molecular flexibility index (Phi) is 138. The zero-order valence-electron chi connectivity index (χ0n) is 53.2. The standard InChI is InChI=1S/C11H22O2.8C7H16/c1-3-5-6-7-8-9-10(4-2)11(12)13;8*1-3-5-7-6-4-2/h10H,3-9H2,1-2H3,(H,12,13);8*3-7H2,1-2H3. The molecule has 0 fully saturated rings. The van der Waals surface area contributed by atoms with Gasteiger partial charge in [-0.25, -0.2) is 0 Å². The Labute approximate surface area is 446 Å². The zero-order valence-corrected chi connectivity index (χ0v) is 53.2. The van der Waals surface area contributed by atoms with Crippen LogP contribution in [-0.2, 0) is 4.79 Å². The molecular formula is C67H150O2. The lowest BCUT2D eigenvalue weighted by Crippen LogP contribution is -2.12. The van der Waals surface area contributed by atoms with Gasteiger partial charge in [0.1, 0.15) is 0 Å². The van der Waals surface area contributed by atoms with E-state index >= 15 is 0 Å². The van der Waals surface area contributed by atoms with Crippen LogP contribution in [0.15, 0.2) is 0 Å². The van der Waals surface area contributed by atoms with Crippen molar-refractivity contribution in [3.8, 4) is 0 Å². The van der Waals surface area contributed by atoms with Gasteiger partial charge in [0.25, 0.3) is 0 Å². The molecule has 1 unspecified atom stereocenters. The molecule has 0 spiro atoms. The Bertz CT molecular complexity index is 507. The number of aliphatic carboxylic acids is 1. The second kappa shape index (κ2) is 108. The van der Waals surface area contributed by atoms with Gasteiger partial charge in [0.05, 0.1) is 5.92 Å². The number of rotatable bonds is 40. The van der Waals surface area contributed by atoms with Gasteiger partial charge in [-0.1, -0.05) is 414 Å². The number of carbonyl (C=O) groups is 1. The van der Waals surface area contributed by atoms with Gasteiger partial charge in [-0.3, -0.25) is 4.79 Å². The smallest absolute Gasteiger partial charge is 0.306 e. The van der Waals surface area contributed by atoms with E-state index in [9.17, 15) is 4.79 Å². The summed E-state index contributed by atoms with van der Waals surface area (Å²) in [7, 11) is 0. The van der Waals surface area contributed by atoms with E-state index in [1.807, 2.05) is 6.92 Å². The first-order valence-corrected chi connectivity index (χ1v) is 32.8. The molecule has 69 heavy (non-hydrogen) atoms. The average Bonchev–Trinajstić information content (AvgIpc) is 3.36. The topological polar surface area (TPSA) is 37.3 Å². The molecular weight excluding hydrogens is 837 g/mol. The van der Waals surface area contributed by atoms with Gasteiger partial charge in [-0.2, -0.15) is 0 Å². The molecule has 0 aromatic rings. The molecule has 0 aliphatic rings. The summed E-state index contributed by atoms with van der Waals surface area (Å²) in [6.07, 6.45) is 63.7. The van der Waals surface area contributed by atoms with Gasteiger partial charge in [-0.15, -0.1) is 0 Å². The molecule has 0 bridgehead atoms. The molecule has 0 amide bonds. The predicted molar refractivity (Wildman–Crippen MR) is 330 cm³/mol. The minimum atomic E-state index is -0.627. The van der Waals surface area contributed by atoms with Crippen LogP contribution in [-0.4, -0.2) is 11.1 Å². The summed E-state index contributed by atoms with van der Waals surface area (Å²) in [5, 5.41) is 8.78. The molecule has 0 rings (SSSR count). The molecule has 0 heterocycles. The summed E-state index contributed by atoms with van der Waals surface area (Å²) < 4.78 is 0. The Morgan fingerprint density at radius 2 is 0.333 bits per heavy atom. The van der Waals surface area contributed by atoms with E-state index in [0.717, 1.165) is 19.3 Å². The summed E-state index contributed by atoms with van der Waals surface area (Å²) in [5.41, 5.74) is 0. The highest BCUT2D eigenvalue weighted by Gasteiger charge is 2.13. The van der Waals surface area contributed by atoms with Gasteiger partial charge in [0, 0.05) is 0 Å². The minimum Gasteiger partial charge on any atom is -0.481 e. The number of carboxylic acids is 1. The van der Waals surface area contributed by atoms with E-state index in [0.29, 0.717) is 0 Å². The largest absolute Gasteiger partial charge is 0.481 e. The van der Waals surface area contributed by atoms with Gasteiger partial charge in [0.2, 0.25) is 0 Å². The van der Waals surface area contributed by atoms with Crippen LogP contribution in [0.5, 0.6) is 0 Å². The Morgan fingerprint density at radius 3 is 0.435 bits per heavy atom. The van der Waals surface area contributed by atoms with E-state index in [1.165, 1.54) is 283 Å². The molecule has 0 aliphatic heterocycles. The quantitative estimate of drug-likeness (QED) is 0.0621. The second-order valence-corrected chi connectivity index (χ2v) is 20.1. The first-order valence-electron chi connectivity index (χ1n) is 32.8. The number of carboxylic acid groups (broad SMARTS) is 1. The minimum absolute atomic E-state index is 0.110. The molecule has 2 heteroatoms.